The fraction of sp³-hybridized carbons (Fsp3) is 0.432. The average Bonchev–Trinajstić information content (AvgIpc) is 3.93. The lowest BCUT2D eigenvalue weighted by Crippen LogP contribution is -2.49. The molecule has 16 nitrogen and oxygen atoms in total. The van der Waals surface area contributed by atoms with Gasteiger partial charge < -0.3 is 37.6 Å². The molecule has 17 heteroatoms. The summed E-state index contributed by atoms with van der Waals surface area (Å²) in [5.41, 5.74) is 0.0492. The van der Waals surface area contributed by atoms with Crippen LogP contribution in [0.5, 0.6) is 11.5 Å². The molecule has 7 rings (SSSR count). The molecule has 0 saturated carbocycles. The molecule has 0 radical (unpaired) electrons. The van der Waals surface area contributed by atoms with Gasteiger partial charge in [0.25, 0.3) is 14.1 Å². The van der Waals surface area contributed by atoms with Crippen LogP contribution in [0.1, 0.15) is 57.0 Å². The summed E-state index contributed by atoms with van der Waals surface area (Å²) < 4.78 is 50.0. The lowest BCUT2D eigenvalue weighted by molar-refractivity contribution is -0.202. The van der Waals surface area contributed by atoms with Crippen molar-refractivity contribution in [3.63, 3.8) is 0 Å². The van der Waals surface area contributed by atoms with Crippen LogP contribution in [0.15, 0.2) is 95.0 Å². The van der Waals surface area contributed by atoms with Crippen LogP contribution in [-0.2, 0) is 28.9 Å². The molecule has 0 spiro atoms. The molecule has 1 unspecified atom stereocenters. The second kappa shape index (κ2) is 18.8. The van der Waals surface area contributed by atoms with Crippen molar-refractivity contribution in [1.82, 2.24) is 29.1 Å². The first-order valence-corrected chi connectivity index (χ1v) is 21.3. The van der Waals surface area contributed by atoms with Gasteiger partial charge in [-0.1, -0.05) is 54.6 Å². The average molecular weight is 853 g/mol. The smallest absolute Gasteiger partial charge is 0.280 e. The highest BCUT2D eigenvalue weighted by Crippen LogP contribution is 2.56. The van der Waals surface area contributed by atoms with Crippen molar-refractivity contribution in [2.75, 3.05) is 48.1 Å². The van der Waals surface area contributed by atoms with Gasteiger partial charge in [-0.2, -0.15) is 10.2 Å². The predicted molar refractivity (Wildman–Crippen MR) is 231 cm³/mol. The van der Waals surface area contributed by atoms with Gasteiger partial charge in [0.05, 0.1) is 59.2 Å². The Morgan fingerprint density at radius 1 is 1.00 bits per heavy atom. The molecule has 2 fully saturated rings. The number of aromatic amines is 1. The summed E-state index contributed by atoms with van der Waals surface area (Å²) in [5.74, 6) is 1.50. The van der Waals surface area contributed by atoms with Crippen LogP contribution >= 0.6 is 8.53 Å². The Bertz CT molecular complexity index is 2310. The number of rotatable bonds is 19. The Hall–Kier alpha value is -5.24. The summed E-state index contributed by atoms with van der Waals surface area (Å²) in [5, 5.41) is 9.47. The molecule has 2 saturated heterocycles. The van der Waals surface area contributed by atoms with E-state index in [4.69, 9.17) is 37.7 Å². The maximum absolute atomic E-state index is 13.3. The Labute approximate surface area is 357 Å². The lowest BCUT2D eigenvalue weighted by Gasteiger charge is -2.41. The van der Waals surface area contributed by atoms with E-state index in [1.807, 2.05) is 93.0 Å². The van der Waals surface area contributed by atoms with Crippen molar-refractivity contribution in [2.45, 2.75) is 75.8 Å². The first-order valence-electron chi connectivity index (χ1n) is 20.1. The van der Waals surface area contributed by atoms with E-state index in [2.05, 4.69) is 53.4 Å². The molecule has 5 atom stereocenters. The molecule has 2 aliphatic rings. The number of nitrogens with one attached hydrogen (secondary N) is 1. The van der Waals surface area contributed by atoms with E-state index < -0.39 is 43.7 Å². The van der Waals surface area contributed by atoms with E-state index in [1.165, 1.54) is 6.33 Å². The van der Waals surface area contributed by atoms with E-state index in [-0.39, 0.29) is 55.4 Å². The molecule has 2 aliphatic heterocycles. The number of nitrogens with zero attached hydrogens (tertiary/aromatic N) is 7. The third-order valence-electron chi connectivity index (χ3n) is 10.7. The van der Waals surface area contributed by atoms with Crippen LogP contribution in [0.3, 0.4) is 0 Å². The molecule has 0 amide bonds. The zero-order valence-electron chi connectivity index (χ0n) is 35.7. The predicted octanol–water partition coefficient (Wildman–Crippen LogP) is 6.69. The summed E-state index contributed by atoms with van der Waals surface area (Å²) in [4.78, 5) is 31.2. The fourth-order valence-corrected chi connectivity index (χ4v) is 9.71. The summed E-state index contributed by atoms with van der Waals surface area (Å²) in [6.07, 6.45) is 0.908. The quantitative estimate of drug-likeness (QED) is 0.0307. The largest absolute Gasteiger partial charge is 0.497 e. The number of methoxy groups -OCH3 is 2. The van der Waals surface area contributed by atoms with E-state index in [0.29, 0.717) is 11.5 Å². The minimum atomic E-state index is -1.77. The molecule has 61 heavy (non-hydrogen) atoms. The Morgan fingerprint density at radius 3 is 2.20 bits per heavy atom. The van der Waals surface area contributed by atoms with Gasteiger partial charge in [-0.15, -0.1) is 0 Å². The molecule has 3 aromatic carbocycles. The number of ether oxygens (including phenoxy) is 5. The summed E-state index contributed by atoms with van der Waals surface area (Å²) >= 11 is 0. The first kappa shape index (κ1) is 43.8. The monoisotopic (exact) mass is 852 g/mol. The fourth-order valence-electron chi connectivity index (χ4n) is 7.90. The van der Waals surface area contributed by atoms with Gasteiger partial charge >= 0.3 is 0 Å². The number of H-pyrrole nitrogens is 1. The van der Waals surface area contributed by atoms with Crippen molar-refractivity contribution in [1.29, 1.82) is 5.26 Å². The topological polar surface area (TPSA) is 171 Å². The molecule has 2 bridgehead atoms. The zero-order chi connectivity index (χ0) is 43.3. The van der Waals surface area contributed by atoms with E-state index >= 15 is 0 Å². The van der Waals surface area contributed by atoms with Crippen LogP contribution in [0.25, 0.3) is 11.2 Å². The number of hydrogen-bond donors (Lipinski definition) is 1. The SMILES string of the molecule is COc1ccc(C(OC[C@]23CO[C@H]([C@H](n4cnc5c(=O)[nH]c(N=CN(C)C)nc54)O2)[C@H]3OP(OCCC#N)N(C(C)C)C(C)C)(c2ccccc2)c2ccc(OC)cc2)cc1. The number of aliphatic imine (C=N–C) groups is 1. The number of benzene rings is 3. The Kier molecular flexibility index (Phi) is 13.5. The standard InChI is InChI=1S/C44H53N8O8P/c1-29(2)52(30(3)4)61(58-24-12-23-45)60-38-37-41(51-28-46-36-39(51)48-42(49-40(36)53)47-27-50(5)6)59-43(38,25-56-37)26-57-44(31-13-10-9-11-14-31,32-15-19-34(54-7)20-16-32)33-17-21-35(55-8)22-18-33/h9-11,13-22,27-30,37-38,41H,12,24-26H2,1-8H3,(H,48,49,53)/t37-,38+,41+,43-,61?/m0/s1. The molecule has 2 aromatic heterocycles. The van der Waals surface area contributed by atoms with Crippen LogP contribution in [0, 0.1) is 11.3 Å². The van der Waals surface area contributed by atoms with Crippen molar-refractivity contribution in [3.05, 3.63) is 112 Å². The highest BCUT2D eigenvalue weighted by Gasteiger charge is 2.65. The molecule has 322 valence electrons. The third kappa shape index (κ3) is 8.78. The molecule has 5 aromatic rings. The summed E-state index contributed by atoms with van der Waals surface area (Å²) in [6.45, 7) is 8.59. The van der Waals surface area contributed by atoms with Gasteiger partial charge in [-0.25, -0.2) is 14.6 Å². The van der Waals surface area contributed by atoms with Gasteiger partial charge in [0.15, 0.2) is 17.4 Å². The Balaban J connectivity index is 1.37. The van der Waals surface area contributed by atoms with Crippen LogP contribution in [-0.4, -0.2) is 113 Å². The number of nitriles is 1. The maximum atomic E-state index is 13.3. The summed E-state index contributed by atoms with van der Waals surface area (Å²) in [6, 6.07) is 27.9. The van der Waals surface area contributed by atoms with Crippen LogP contribution < -0.4 is 15.0 Å². The van der Waals surface area contributed by atoms with Gasteiger partial charge in [-0.3, -0.25) is 14.3 Å². The highest BCUT2D eigenvalue weighted by molar-refractivity contribution is 7.44. The van der Waals surface area contributed by atoms with Gasteiger partial charge in [0.2, 0.25) is 5.95 Å². The first-order chi connectivity index (χ1) is 29.4. The second-order valence-electron chi connectivity index (χ2n) is 15.6. The van der Waals surface area contributed by atoms with Gasteiger partial charge in [-0.05, 0) is 68.7 Å². The van der Waals surface area contributed by atoms with Crippen LogP contribution in [0.2, 0.25) is 0 Å². The number of hydrogen-bond acceptors (Lipinski definition) is 13. The number of fused-ring (bicyclic) bond motifs is 3. The minimum absolute atomic E-state index is 0.0264. The van der Waals surface area contributed by atoms with E-state index in [1.54, 1.807) is 30.0 Å². The number of imidazole rings is 1. The highest BCUT2D eigenvalue weighted by atomic mass is 31.2. The maximum Gasteiger partial charge on any atom is 0.280 e. The molecule has 1 N–H and O–H groups in total. The third-order valence-corrected chi connectivity index (χ3v) is 12.8. The van der Waals surface area contributed by atoms with Gasteiger partial charge in [0, 0.05) is 26.2 Å². The van der Waals surface area contributed by atoms with E-state index in [9.17, 15) is 10.1 Å². The number of aromatic nitrogens is 4. The van der Waals surface area contributed by atoms with Gasteiger partial charge in [0.1, 0.15) is 34.9 Å². The van der Waals surface area contributed by atoms with E-state index in [0.717, 1.165) is 16.7 Å². The second-order valence-corrected chi connectivity index (χ2v) is 17.0. The summed E-state index contributed by atoms with van der Waals surface area (Å²) in [7, 11) is 5.14. The molecular formula is C44H53N8O8P. The normalized spacial score (nSPS) is 20.6. The lowest BCUT2D eigenvalue weighted by atomic mass is 9.79. The van der Waals surface area contributed by atoms with Crippen molar-refractivity contribution in [3.8, 4) is 17.6 Å². The zero-order valence-corrected chi connectivity index (χ0v) is 36.6. The van der Waals surface area contributed by atoms with Crippen LogP contribution in [0.4, 0.5) is 5.95 Å². The van der Waals surface area contributed by atoms with Crippen molar-refractivity contribution < 1.29 is 32.7 Å². The van der Waals surface area contributed by atoms with Crippen molar-refractivity contribution >= 4 is 32.0 Å². The minimum Gasteiger partial charge on any atom is -0.497 e. The Morgan fingerprint density at radius 2 is 1.62 bits per heavy atom. The molecule has 0 aliphatic carbocycles. The molecular weight excluding hydrogens is 800 g/mol. The van der Waals surface area contributed by atoms with Crippen molar-refractivity contribution in [2.24, 2.45) is 4.99 Å². The molecule has 4 heterocycles.